The molecule has 0 aromatic heterocycles. The van der Waals surface area contributed by atoms with Gasteiger partial charge in [0.2, 0.25) is 5.91 Å². The lowest BCUT2D eigenvalue weighted by Crippen LogP contribution is -2.57. The molecule has 5 bridgehead atoms. The predicted molar refractivity (Wildman–Crippen MR) is 158 cm³/mol. The lowest BCUT2D eigenvalue weighted by molar-refractivity contribution is -0.152. The number of nitrogens with one attached hydrogen (secondary N) is 1. The first-order valence-electron chi connectivity index (χ1n) is 15.2. The average Bonchev–Trinajstić information content (AvgIpc) is 3.59. The second kappa shape index (κ2) is 13.4. The van der Waals surface area contributed by atoms with Crippen LogP contribution in [0.25, 0.3) is 0 Å². The molecule has 0 aliphatic carbocycles. The number of esters is 2. The molecule has 12 heteroatoms. The van der Waals surface area contributed by atoms with E-state index in [9.17, 15) is 24.0 Å². The van der Waals surface area contributed by atoms with Crippen LogP contribution < -0.4 is 5.32 Å². The number of fused-ring (bicyclic) bond motifs is 4. The summed E-state index contributed by atoms with van der Waals surface area (Å²) in [5.41, 5.74) is 1.10. The van der Waals surface area contributed by atoms with Gasteiger partial charge in [-0.3, -0.25) is 9.69 Å². The van der Waals surface area contributed by atoms with E-state index in [1.807, 2.05) is 40.7 Å². The number of methoxy groups -OCH3 is 1. The summed E-state index contributed by atoms with van der Waals surface area (Å²) in [5.74, 6) is -1.55. The number of amides is 3. The number of carbonyl (C=O) groups excluding carboxylic acids is 5. The van der Waals surface area contributed by atoms with E-state index in [4.69, 9.17) is 18.9 Å². The van der Waals surface area contributed by atoms with Crippen LogP contribution in [0.1, 0.15) is 88.2 Å². The van der Waals surface area contributed by atoms with E-state index < -0.39 is 53.6 Å². The van der Waals surface area contributed by atoms with Gasteiger partial charge in [0.25, 0.3) is 0 Å². The Labute approximate surface area is 258 Å². The Morgan fingerprint density at radius 1 is 1.02 bits per heavy atom. The van der Waals surface area contributed by atoms with Crippen LogP contribution in [-0.2, 0) is 41.6 Å². The first-order chi connectivity index (χ1) is 20.7. The number of carbonyl (C=O) groups is 5. The highest BCUT2D eigenvalue weighted by molar-refractivity contribution is 5.91. The van der Waals surface area contributed by atoms with Crippen molar-refractivity contribution in [1.82, 2.24) is 15.1 Å². The third kappa shape index (κ3) is 8.00. The summed E-state index contributed by atoms with van der Waals surface area (Å²) in [5, 5.41) is 2.72. The number of alkyl carbamates (subject to hydrolysis) is 1. The molecule has 3 atom stereocenters. The van der Waals surface area contributed by atoms with Crippen LogP contribution in [0.2, 0.25) is 0 Å². The summed E-state index contributed by atoms with van der Waals surface area (Å²) >= 11 is 0. The number of ether oxygens (including phenoxy) is 4. The fraction of sp³-hybridized carbons (Fsp3) is 0.656. The molecule has 1 unspecified atom stereocenters. The number of hydrogen-bond donors (Lipinski definition) is 1. The van der Waals surface area contributed by atoms with Crippen molar-refractivity contribution in [3.8, 4) is 0 Å². The molecule has 12 nitrogen and oxygen atoms in total. The second-order valence-corrected chi connectivity index (χ2v) is 13.7. The van der Waals surface area contributed by atoms with Gasteiger partial charge >= 0.3 is 24.1 Å². The second-order valence-electron chi connectivity index (χ2n) is 13.7. The van der Waals surface area contributed by atoms with E-state index in [0.717, 1.165) is 30.4 Å². The van der Waals surface area contributed by atoms with Crippen LogP contribution in [-0.4, -0.2) is 84.9 Å². The Kier molecular flexibility index (Phi) is 10.1. The number of nitrogens with zero attached hydrogens (tertiary/aromatic N) is 2. The fourth-order valence-electron chi connectivity index (χ4n) is 5.79. The minimum absolute atomic E-state index is 0.0442. The summed E-state index contributed by atoms with van der Waals surface area (Å²) in [6.07, 6.45) is 1.12. The minimum Gasteiger partial charge on any atom is -0.467 e. The van der Waals surface area contributed by atoms with E-state index in [0.29, 0.717) is 25.1 Å². The van der Waals surface area contributed by atoms with Crippen LogP contribution in [0.4, 0.5) is 9.59 Å². The third-order valence-electron chi connectivity index (χ3n) is 8.41. The highest BCUT2D eigenvalue weighted by Gasteiger charge is 2.47. The Morgan fingerprint density at radius 3 is 2.45 bits per heavy atom. The molecule has 3 heterocycles. The Bertz CT molecular complexity index is 1270. The lowest BCUT2D eigenvalue weighted by atomic mass is 9.85. The van der Waals surface area contributed by atoms with E-state index in [1.165, 1.54) is 16.9 Å². The zero-order valence-corrected chi connectivity index (χ0v) is 26.6. The number of rotatable bonds is 1. The van der Waals surface area contributed by atoms with E-state index in [2.05, 4.69) is 5.32 Å². The highest BCUT2D eigenvalue weighted by Crippen LogP contribution is 2.30. The number of cyclic esters (lactones) is 2. The standard InChI is InChI=1S/C32H45N3O9/c1-31(2,3)25-26(36)35-18-23(15-24(35)28(38)41-6)44-30(40)34-16-21-11-10-20(14-22(21)17-34)27(37)42-13-9-7-8-12-32(4,5)19-43-29(39)33-25/h10-11,14,23-25H,7-9,12-13,15-19H2,1-6H3,(H,33,39)/t23-,24?,25-/m1/s1. The lowest BCUT2D eigenvalue weighted by Gasteiger charge is -2.35. The van der Waals surface area contributed by atoms with Crippen molar-refractivity contribution >= 4 is 30.0 Å². The normalized spacial score (nSPS) is 25.5. The smallest absolute Gasteiger partial charge is 0.410 e. The molecule has 3 aliphatic rings. The van der Waals surface area contributed by atoms with Crippen LogP contribution in [0, 0.1) is 10.8 Å². The molecule has 1 N–H and O–H groups in total. The van der Waals surface area contributed by atoms with E-state index >= 15 is 0 Å². The molecule has 1 fully saturated rings. The molecule has 0 saturated carbocycles. The van der Waals surface area contributed by atoms with Crippen molar-refractivity contribution < 1.29 is 42.9 Å². The van der Waals surface area contributed by atoms with Gasteiger partial charge in [0.15, 0.2) is 0 Å². The van der Waals surface area contributed by atoms with Crippen molar-refractivity contribution in [2.45, 2.75) is 98.0 Å². The molecule has 44 heavy (non-hydrogen) atoms. The molecule has 242 valence electrons. The van der Waals surface area contributed by atoms with Gasteiger partial charge in [-0.05, 0) is 46.9 Å². The van der Waals surface area contributed by atoms with Crippen molar-refractivity contribution in [2.24, 2.45) is 10.8 Å². The SMILES string of the molecule is COC(=O)C1C[C@@H]2CN1C(=O)[C@H](C(C)(C)C)NC(=O)OCC(C)(C)CCCCCOC(=O)c1ccc3c(c1)CN(C3)C(=O)O2. The predicted octanol–water partition coefficient (Wildman–Crippen LogP) is 4.18. The van der Waals surface area contributed by atoms with Gasteiger partial charge in [0.05, 0.1) is 32.4 Å². The zero-order valence-electron chi connectivity index (χ0n) is 26.6. The molecule has 1 aromatic carbocycles. The maximum absolute atomic E-state index is 13.9. The third-order valence-corrected chi connectivity index (χ3v) is 8.41. The molecule has 3 amide bonds. The summed E-state index contributed by atoms with van der Waals surface area (Å²) in [4.78, 5) is 68.3. The number of hydrogen-bond acceptors (Lipinski definition) is 9. The largest absolute Gasteiger partial charge is 0.467 e. The molecule has 1 saturated heterocycles. The highest BCUT2D eigenvalue weighted by atomic mass is 16.6. The average molecular weight is 616 g/mol. The minimum atomic E-state index is -1.02. The topological polar surface area (TPSA) is 141 Å². The monoisotopic (exact) mass is 615 g/mol. The van der Waals surface area contributed by atoms with Gasteiger partial charge in [-0.15, -0.1) is 0 Å². The molecule has 3 aliphatic heterocycles. The van der Waals surface area contributed by atoms with E-state index in [-0.39, 0.29) is 31.5 Å². The quantitative estimate of drug-likeness (QED) is 0.364. The van der Waals surface area contributed by atoms with Gasteiger partial charge in [-0.25, -0.2) is 19.2 Å². The Hall–Kier alpha value is -3.83. The van der Waals surface area contributed by atoms with Crippen LogP contribution in [0.15, 0.2) is 18.2 Å². The number of benzene rings is 1. The van der Waals surface area contributed by atoms with Crippen LogP contribution in [0.3, 0.4) is 0 Å². The van der Waals surface area contributed by atoms with Crippen molar-refractivity contribution in [1.29, 1.82) is 0 Å². The summed E-state index contributed by atoms with van der Waals surface area (Å²) in [6, 6.07) is 3.24. The van der Waals surface area contributed by atoms with Crippen LogP contribution >= 0.6 is 0 Å². The molecule has 1 aromatic rings. The van der Waals surface area contributed by atoms with Gasteiger partial charge in [0.1, 0.15) is 18.2 Å². The maximum Gasteiger partial charge on any atom is 0.410 e. The van der Waals surface area contributed by atoms with Crippen molar-refractivity contribution in [3.63, 3.8) is 0 Å². The zero-order chi connectivity index (χ0) is 32.2. The molecule has 0 spiro atoms. The van der Waals surface area contributed by atoms with Gasteiger partial charge in [-0.2, -0.15) is 0 Å². The molecular weight excluding hydrogens is 570 g/mol. The molecule has 4 rings (SSSR count). The van der Waals surface area contributed by atoms with Gasteiger partial charge in [-0.1, -0.05) is 53.5 Å². The van der Waals surface area contributed by atoms with Crippen molar-refractivity contribution in [2.75, 3.05) is 26.9 Å². The van der Waals surface area contributed by atoms with E-state index in [1.54, 1.807) is 12.1 Å². The van der Waals surface area contributed by atoms with Gasteiger partial charge in [0, 0.05) is 19.5 Å². The maximum atomic E-state index is 13.9. The van der Waals surface area contributed by atoms with Crippen LogP contribution in [0.5, 0.6) is 0 Å². The summed E-state index contributed by atoms with van der Waals surface area (Å²) in [6.45, 7) is 10.4. The van der Waals surface area contributed by atoms with Gasteiger partial charge < -0.3 is 29.2 Å². The summed E-state index contributed by atoms with van der Waals surface area (Å²) < 4.78 is 21.8. The Balaban J connectivity index is 1.57. The first-order valence-corrected chi connectivity index (χ1v) is 15.2. The fourth-order valence-corrected chi connectivity index (χ4v) is 5.79. The summed E-state index contributed by atoms with van der Waals surface area (Å²) in [7, 11) is 1.23. The first kappa shape index (κ1) is 33.1. The van der Waals surface area contributed by atoms with Crippen molar-refractivity contribution in [3.05, 3.63) is 34.9 Å². The molecule has 0 radical (unpaired) electrons. The Morgan fingerprint density at radius 2 is 1.75 bits per heavy atom. The molecular formula is C32H45N3O9.